The van der Waals surface area contributed by atoms with Gasteiger partial charge in [-0.2, -0.15) is 4.72 Å². The van der Waals surface area contributed by atoms with Crippen molar-refractivity contribution in [1.29, 1.82) is 0 Å². The van der Waals surface area contributed by atoms with Crippen LogP contribution in [-0.2, 0) is 19.6 Å². The summed E-state index contributed by atoms with van der Waals surface area (Å²) in [4.78, 5) is 20.9. The van der Waals surface area contributed by atoms with Crippen LogP contribution in [-0.4, -0.2) is 36.6 Å². The Hall–Kier alpha value is -1.35. The smallest absolute Gasteiger partial charge is 0.322 e. The molecule has 3 N–H and O–H groups in total. The van der Waals surface area contributed by atoms with E-state index in [-0.39, 0.29) is 10.0 Å². The minimum absolute atomic E-state index is 0.204. The Labute approximate surface area is 124 Å². The first-order valence-corrected chi connectivity index (χ1v) is 7.30. The zero-order chi connectivity index (χ0) is 15.5. The molecule has 1 aromatic carbocycles. The van der Waals surface area contributed by atoms with Gasteiger partial charge in [-0.25, -0.2) is 8.42 Å². The Morgan fingerprint density at radius 2 is 1.70 bits per heavy atom. The fourth-order valence-corrected chi connectivity index (χ4v) is 3.67. The number of carbonyl (C=O) groups is 2. The Morgan fingerprint density at radius 3 is 2.10 bits per heavy atom. The lowest BCUT2D eigenvalue weighted by atomic mass is 10.2. The van der Waals surface area contributed by atoms with Gasteiger partial charge in [-0.1, -0.05) is 29.3 Å². The Bertz CT molecular complexity index is 625. The van der Waals surface area contributed by atoms with Crippen LogP contribution in [0.5, 0.6) is 0 Å². The van der Waals surface area contributed by atoms with Crippen LogP contribution in [0.15, 0.2) is 23.1 Å². The minimum atomic E-state index is -4.37. The van der Waals surface area contributed by atoms with Crippen molar-refractivity contribution in [1.82, 2.24) is 4.72 Å². The summed E-state index contributed by atoms with van der Waals surface area (Å²) in [6.07, 6.45) is -0.920. The normalized spacial score (nSPS) is 12.9. The molecular weight excluding hydrogens is 333 g/mol. The van der Waals surface area contributed by atoms with Crippen LogP contribution in [0.25, 0.3) is 0 Å². The average molecular weight is 342 g/mol. The van der Waals surface area contributed by atoms with Gasteiger partial charge < -0.3 is 10.2 Å². The molecule has 0 aromatic heterocycles. The molecule has 0 aliphatic rings. The van der Waals surface area contributed by atoms with Gasteiger partial charge >= 0.3 is 11.9 Å². The third-order valence-corrected chi connectivity index (χ3v) is 4.59. The van der Waals surface area contributed by atoms with Crippen LogP contribution in [0.1, 0.15) is 6.42 Å². The van der Waals surface area contributed by atoms with Crippen LogP contribution >= 0.6 is 23.2 Å². The van der Waals surface area contributed by atoms with E-state index in [1.165, 1.54) is 18.2 Å². The first-order valence-electron chi connectivity index (χ1n) is 5.06. The van der Waals surface area contributed by atoms with Crippen LogP contribution in [0.4, 0.5) is 0 Å². The van der Waals surface area contributed by atoms with Crippen molar-refractivity contribution in [3.05, 3.63) is 28.2 Å². The van der Waals surface area contributed by atoms with E-state index < -0.39 is 39.3 Å². The van der Waals surface area contributed by atoms with Gasteiger partial charge in [-0.05, 0) is 12.1 Å². The number of sulfonamides is 1. The van der Waals surface area contributed by atoms with Gasteiger partial charge in [-0.15, -0.1) is 0 Å². The molecule has 0 aliphatic heterocycles. The molecule has 0 aliphatic carbocycles. The number of halogens is 2. The Balaban J connectivity index is 3.17. The standard InChI is InChI=1S/C10H9Cl2NO6S/c11-5-2-1-3-6(12)9(5)20(18,19)13-7(10(16)17)4-8(14)15/h1-3,7,13H,4H2,(H,14,15)(H,16,17)/t7-/m1/s1. The molecule has 10 heteroatoms. The van der Waals surface area contributed by atoms with Gasteiger partial charge in [0, 0.05) is 0 Å². The van der Waals surface area contributed by atoms with Crippen molar-refractivity contribution in [2.45, 2.75) is 17.4 Å². The zero-order valence-corrected chi connectivity index (χ0v) is 12.0. The second-order valence-corrected chi connectivity index (χ2v) is 6.13. The third-order valence-electron chi connectivity index (χ3n) is 2.16. The van der Waals surface area contributed by atoms with Crippen LogP contribution in [0.2, 0.25) is 10.0 Å². The molecule has 1 rings (SSSR count). The van der Waals surface area contributed by atoms with E-state index >= 15 is 0 Å². The number of benzene rings is 1. The highest BCUT2D eigenvalue weighted by Gasteiger charge is 2.30. The minimum Gasteiger partial charge on any atom is -0.481 e. The Morgan fingerprint density at radius 1 is 1.20 bits per heavy atom. The predicted molar refractivity (Wildman–Crippen MR) is 70.5 cm³/mol. The highest BCUT2D eigenvalue weighted by molar-refractivity contribution is 7.89. The van der Waals surface area contributed by atoms with Gasteiger partial charge in [0.1, 0.15) is 10.9 Å². The van der Waals surface area contributed by atoms with E-state index in [4.69, 9.17) is 33.4 Å². The van der Waals surface area contributed by atoms with Crippen LogP contribution in [0.3, 0.4) is 0 Å². The second-order valence-electron chi connectivity index (χ2n) is 3.66. The lowest BCUT2D eigenvalue weighted by Gasteiger charge is -2.14. The molecule has 0 fully saturated rings. The van der Waals surface area contributed by atoms with Crippen LogP contribution in [0, 0.1) is 0 Å². The third kappa shape index (κ3) is 4.07. The number of aliphatic carboxylic acids is 2. The van der Waals surface area contributed by atoms with E-state index in [0.29, 0.717) is 0 Å². The molecule has 0 radical (unpaired) electrons. The van der Waals surface area contributed by atoms with Gasteiger partial charge in [0.05, 0.1) is 16.5 Å². The van der Waals surface area contributed by atoms with Crippen molar-refractivity contribution in [2.75, 3.05) is 0 Å². The van der Waals surface area contributed by atoms with E-state index in [2.05, 4.69) is 0 Å². The summed E-state index contributed by atoms with van der Waals surface area (Å²) >= 11 is 11.4. The van der Waals surface area contributed by atoms with Gasteiger partial charge in [0.25, 0.3) is 0 Å². The predicted octanol–water partition coefficient (Wildman–Crippen LogP) is 1.20. The van der Waals surface area contributed by atoms with Crippen molar-refractivity contribution < 1.29 is 28.2 Å². The molecule has 20 heavy (non-hydrogen) atoms. The molecule has 110 valence electrons. The molecule has 7 nitrogen and oxygen atoms in total. The summed E-state index contributed by atoms with van der Waals surface area (Å²) < 4.78 is 25.8. The molecule has 1 aromatic rings. The summed E-state index contributed by atoms with van der Waals surface area (Å²) in [5.74, 6) is -3.09. The Kier molecular flexibility index (Phi) is 5.35. The second kappa shape index (κ2) is 6.40. The van der Waals surface area contributed by atoms with Gasteiger partial charge in [-0.3, -0.25) is 9.59 Å². The zero-order valence-electron chi connectivity index (χ0n) is 9.71. The largest absolute Gasteiger partial charge is 0.481 e. The highest BCUT2D eigenvalue weighted by Crippen LogP contribution is 2.29. The molecule has 0 unspecified atom stereocenters. The maximum Gasteiger partial charge on any atom is 0.322 e. The number of rotatable bonds is 6. The maximum atomic E-state index is 12.0. The van der Waals surface area contributed by atoms with Crippen molar-refractivity contribution in [2.24, 2.45) is 0 Å². The average Bonchev–Trinajstić information content (AvgIpc) is 2.26. The first kappa shape index (κ1) is 16.7. The number of carboxylic acid groups (broad SMARTS) is 2. The van der Waals surface area contributed by atoms with Crippen molar-refractivity contribution in [3.63, 3.8) is 0 Å². The summed E-state index contributed by atoms with van der Waals surface area (Å²) in [6, 6.07) is 2.10. The van der Waals surface area contributed by atoms with E-state index in [9.17, 15) is 18.0 Å². The fraction of sp³-hybridized carbons (Fsp3) is 0.200. The van der Waals surface area contributed by atoms with Crippen LogP contribution < -0.4 is 4.72 Å². The monoisotopic (exact) mass is 341 g/mol. The molecule has 0 spiro atoms. The summed E-state index contributed by atoms with van der Waals surface area (Å²) in [5.41, 5.74) is 0. The van der Waals surface area contributed by atoms with E-state index in [0.717, 1.165) is 0 Å². The highest BCUT2D eigenvalue weighted by atomic mass is 35.5. The quantitative estimate of drug-likeness (QED) is 0.714. The first-order chi connectivity index (χ1) is 9.15. The lowest BCUT2D eigenvalue weighted by molar-refractivity contribution is -0.145. The van der Waals surface area contributed by atoms with Crippen molar-refractivity contribution in [3.8, 4) is 0 Å². The van der Waals surface area contributed by atoms with E-state index in [1.807, 2.05) is 0 Å². The summed E-state index contributed by atoms with van der Waals surface area (Å²) in [7, 11) is -4.37. The maximum absolute atomic E-state index is 12.0. The number of hydrogen-bond donors (Lipinski definition) is 3. The molecule has 0 amide bonds. The number of nitrogens with one attached hydrogen (secondary N) is 1. The lowest BCUT2D eigenvalue weighted by Crippen LogP contribution is -2.42. The molecular formula is C10H9Cl2NO6S. The SMILES string of the molecule is O=C(O)C[C@@H](NS(=O)(=O)c1c(Cl)cccc1Cl)C(=O)O. The molecule has 1 atom stereocenters. The summed E-state index contributed by atoms with van der Waals surface area (Å²) in [5, 5.41) is 17.0. The van der Waals surface area contributed by atoms with E-state index in [1.54, 1.807) is 4.72 Å². The molecule has 0 saturated carbocycles. The van der Waals surface area contributed by atoms with Crippen molar-refractivity contribution >= 4 is 45.2 Å². The molecule has 0 bridgehead atoms. The molecule has 0 saturated heterocycles. The molecule has 0 heterocycles. The number of carboxylic acids is 2. The van der Waals surface area contributed by atoms with Gasteiger partial charge in [0.2, 0.25) is 10.0 Å². The fourth-order valence-electron chi connectivity index (χ4n) is 1.34. The number of hydrogen-bond acceptors (Lipinski definition) is 4. The topological polar surface area (TPSA) is 121 Å². The van der Waals surface area contributed by atoms with Gasteiger partial charge in [0.15, 0.2) is 0 Å². The summed E-state index contributed by atoms with van der Waals surface area (Å²) in [6.45, 7) is 0.